The second-order valence-corrected chi connectivity index (χ2v) is 6.45. The molecule has 0 aromatic heterocycles. The van der Waals surface area contributed by atoms with Crippen molar-refractivity contribution in [2.75, 3.05) is 50.0 Å². The normalized spacial score (nSPS) is 14.7. The SMILES string of the molecule is CNC(=O)c1cccc(NC(=O)CN2CCN(c3ccc(F)cc3)CC2)c1. The molecule has 7 heteroatoms. The lowest BCUT2D eigenvalue weighted by Gasteiger charge is -2.35. The molecule has 0 bridgehead atoms. The van der Waals surface area contributed by atoms with Crippen molar-refractivity contribution in [2.45, 2.75) is 0 Å². The molecule has 2 N–H and O–H groups in total. The number of piperazine rings is 1. The monoisotopic (exact) mass is 370 g/mol. The Morgan fingerprint density at radius 2 is 1.74 bits per heavy atom. The molecule has 0 spiro atoms. The Labute approximate surface area is 158 Å². The van der Waals surface area contributed by atoms with Gasteiger partial charge in [0.1, 0.15) is 5.82 Å². The number of nitrogens with zero attached hydrogens (tertiary/aromatic N) is 2. The minimum atomic E-state index is -0.241. The van der Waals surface area contributed by atoms with Crippen LogP contribution in [-0.4, -0.2) is 56.5 Å². The van der Waals surface area contributed by atoms with E-state index >= 15 is 0 Å². The standard InChI is InChI=1S/C20H23FN4O2/c1-22-20(27)15-3-2-4-17(13-15)23-19(26)14-24-9-11-25(12-10-24)18-7-5-16(21)6-8-18/h2-8,13H,9-12,14H2,1H3,(H,22,27)(H,23,26). The van der Waals surface area contributed by atoms with Gasteiger partial charge in [0.25, 0.3) is 5.91 Å². The van der Waals surface area contributed by atoms with Crippen molar-refractivity contribution in [1.29, 1.82) is 0 Å². The smallest absolute Gasteiger partial charge is 0.251 e. The maximum atomic E-state index is 13.0. The van der Waals surface area contributed by atoms with E-state index in [0.29, 0.717) is 17.8 Å². The number of benzene rings is 2. The molecular formula is C20H23FN4O2. The summed E-state index contributed by atoms with van der Waals surface area (Å²) in [7, 11) is 1.57. The summed E-state index contributed by atoms with van der Waals surface area (Å²) < 4.78 is 13.0. The van der Waals surface area contributed by atoms with E-state index in [1.165, 1.54) is 12.1 Å². The van der Waals surface area contributed by atoms with Gasteiger partial charge >= 0.3 is 0 Å². The third-order valence-corrected chi connectivity index (χ3v) is 4.57. The molecule has 2 aromatic rings. The predicted molar refractivity (Wildman–Crippen MR) is 104 cm³/mol. The molecule has 142 valence electrons. The highest BCUT2D eigenvalue weighted by Gasteiger charge is 2.19. The molecule has 27 heavy (non-hydrogen) atoms. The molecule has 2 aromatic carbocycles. The fourth-order valence-corrected chi connectivity index (χ4v) is 3.10. The summed E-state index contributed by atoms with van der Waals surface area (Å²) in [6.07, 6.45) is 0. The van der Waals surface area contributed by atoms with Gasteiger partial charge in [0.05, 0.1) is 6.54 Å². The number of anilines is 2. The van der Waals surface area contributed by atoms with Gasteiger partial charge in [-0.3, -0.25) is 14.5 Å². The van der Waals surface area contributed by atoms with E-state index in [-0.39, 0.29) is 17.6 Å². The van der Waals surface area contributed by atoms with Crippen LogP contribution in [0.1, 0.15) is 10.4 Å². The van der Waals surface area contributed by atoms with E-state index < -0.39 is 0 Å². The van der Waals surface area contributed by atoms with Gasteiger partial charge in [-0.05, 0) is 42.5 Å². The lowest BCUT2D eigenvalue weighted by atomic mass is 10.2. The molecule has 0 atom stereocenters. The van der Waals surface area contributed by atoms with Crippen LogP contribution in [0.3, 0.4) is 0 Å². The molecular weight excluding hydrogens is 347 g/mol. The number of hydrogen-bond donors (Lipinski definition) is 2. The summed E-state index contributed by atoms with van der Waals surface area (Å²) in [5.74, 6) is -0.545. The van der Waals surface area contributed by atoms with Crippen LogP contribution in [0.4, 0.5) is 15.8 Å². The molecule has 1 aliphatic heterocycles. The van der Waals surface area contributed by atoms with Crippen molar-refractivity contribution in [3.8, 4) is 0 Å². The number of carbonyl (C=O) groups is 2. The Morgan fingerprint density at radius 1 is 1.04 bits per heavy atom. The first-order valence-electron chi connectivity index (χ1n) is 8.90. The average molecular weight is 370 g/mol. The second kappa shape index (κ2) is 8.64. The molecule has 1 heterocycles. The van der Waals surface area contributed by atoms with Crippen molar-refractivity contribution < 1.29 is 14.0 Å². The number of halogens is 1. The summed E-state index contributed by atoms with van der Waals surface area (Å²) in [6.45, 7) is 3.36. The fourth-order valence-electron chi connectivity index (χ4n) is 3.10. The van der Waals surface area contributed by atoms with Crippen LogP contribution < -0.4 is 15.5 Å². The molecule has 1 aliphatic rings. The summed E-state index contributed by atoms with van der Waals surface area (Å²) in [5.41, 5.74) is 2.10. The second-order valence-electron chi connectivity index (χ2n) is 6.45. The van der Waals surface area contributed by atoms with Gasteiger partial charge in [0.2, 0.25) is 5.91 Å². The Hall–Kier alpha value is -2.93. The molecule has 1 saturated heterocycles. The minimum Gasteiger partial charge on any atom is -0.369 e. The first-order chi connectivity index (χ1) is 13.0. The van der Waals surface area contributed by atoms with Gasteiger partial charge in [0.15, 0.2) is 0 Å². The highest BCUT2D eigenvalue weighted by Crippen LogP contribution is 2.17. The summed E-state index contributed by atoms with van der Waals surface area (Å²) in [5, 5.41) is 5.40. The van der Waals surface area contributed by atoms with Crippen LogP contribution in [0.5, 0.6) is 0 Å². The van der Waals surface area contributed by atoms with Crippen LogP contribution in [-0.2, 0) is 4.79 Å². The van der Waals surface area contributed by atoms with E-state index in [0.717, 1.165) is 31.9 Å². The molecule has 3 rings (SSSR count). The molecule has 0 saturated carbocycles. The zero-order chi connectivity index (χ0) is 19.2. The van der Waals surface area contributed by atoms with Gasteiger partial charge < -0.3 is 15.5 Å². The molecule has 0 unspecified atom stereocenters. The van der Waals surface area contributed by atoms with E-state index in [1.54, 1.807) is 43.4 Å². The third-order valence-electron chi connectivity index (χ3n) is 4.57. The van der Waals surface area contributed by atoms with Crippen LogP contribution in [0.25, 0.3) is 0 Å². The van der Waals surface area contributed by atoms with Crippen molar-refractivity contribution >= 4 is 23.2 Å². The van der Waals surface area contributed by atoms with Crippen LogP contribution >= 0.6 is 0 Å². The number of carbonyl (C=O) groups excluding carboxylic acids is 2. The molecule has 6 nitrogen and oxygen atoms in total. The lowest BCUT2D eigenvalue weighted by Crippen LogP contribution is -2.48. The van der Waals surface area contributed by atoms with Crippen LogP contribution in [0.2, 0.25) is 0 Å². The largest absolute Gasteiger partial charge is 0.369 e. The van der Waals surface area contributed by atoms with E-state index in [2.05, 4.69) is 20.4 Å². The summed E-state index contributed by atoms with van der Waals surface area (Å²) in [4.78, 5) is 28.3. The minimum absolute atomic E-state index is 0.112. The first kappa shape index (κ1) is 18.8. The lowest BCUT2D eigenvalue weighted by molar-refractivity contribution is -0.117. The Kier molecular flexibility index (Phi) is 6.03. The number of rotatable bonds is 5. The van der Waals surface area contributed by atoms with Crippen molar-refractivity contribution in [1.82, 2.24) is 10.2 Å². The van der Waals surface area contributed by atoms with Crippen molar-refractivity contribution in [3.63, 3.8) is 0 Å². The van der Waals surface area contributed by atoms with E-state index in [4.69, 9.17) is 0 Å². The number of amides is 2. The first-order valence-corrected chi connectivity index (χ1v) is 8.90. The van der Waals surface area contributed by atoms with E-state index in [1.807, 2.05) is 0 Å². The highest BCUT2D eigenvalue weighted by atomic mass is 19.1. The number of hydrogen-bond acceptors (Lipinski definition) is 4. The van der Waals surface area contributed by atoms with Crippen LogP contribution in [0.15, 0.2) is 48.5 Å². The average Bonchev–Trinajstić information content (AvgIpc) is 2.69. The highest BCUT2D eigenvalue weighted by molar-refractivity contribution is 5.97. The van der Waals surface area contributed by atoms with Crippen molar-refractivity contribution in [2.24, 2.45) is 0 Å². The molecule has 2 amide bonds. The maximum absolute atomic E-state index is 13.0. The zero-order valence-electron chi connectivity index (χ0n) is 15.2. The van der Waals surface area contributed by atoms with Gasteiger partial charge in [-0.2, -0.15) is 0 Å². The topological polar surface area (TPSA) is 64.7 Å². The van der Waals surface area contributed by atoms with Gasteiger partial charge in [-0.25, -0.2) is 4.39 Å². The van der Waals surface area contributed by atoms with Gasteiger partial charge in [-0.1, -0.05) is 6.07 Å². The number of nitrogens with one attached hydrogen (secondary N) is 2. The Balaban J connectivity index is 1.49. The Morgan fingerprint density at radius 3 is 2.41 bits per heavy atom. The fraction of sp³-hybridized carbons (Fsp3) is 0.300. The Bertz CT molecular complexity index is 802. The van der Waals surface area contributed by atoms with Crippen molar-refractivity contribution in [3.05, 3.63) is 59.9 Å². The molecule has 0 aliphatic carbocycles. The molecule has 0 radical (unpaired) electrons. The van der Waals surface area contributed by atoms with Crippen LogP contribution in [0, 0.1) is 5.82 Å². The van der Waals surface area contributed by atoms with E-state index in [9.17, 15) is 14.0 Å². The summed E-state index contributed by atoms with van der Waals surface area (Å²) in [6, 6.07) is 13.3. The predicted octanol–water partition coefficient (Wildman–Crippen LogP) is 1.95. The summed E-state index contributed by atoms with van der Waals surface area (Å²) >= 11 is 0. The third kappa shape index (κ3) is 5.04. The molecule has 1 fully saturated rings. The maximum Gasteiger partial charge on any atom is 0.251 e. The quantitative estimate of drug-likeness (QED) is 0.844. The van der Waals surface area contributed by atoms with Gasteiger partial charge in [0, 0.05) is 50.2 Å². The van der Waals surface area contributed by atoms with Gasteiger partial charge in [-0.15, -0.1) is 0 Å². The zero-order valence-corrected chi connectivity index (χ0v) is 15.2.